The molecule has 0 bridgehead atoms. The minimum absolute atomic E-state index is 0.228. The molecule has 90 valence electrons. The monoisotopic (exact) mass is 262 g/mol. The number of halogens is 1. The van der Waals surface area contributed by atoms with Gasteiger partial charge in [-0.2, -0.15) is 0 Å². The van der Waals surface area contributed by atoms with Crippen molar-refractivity contribution in [1.29, 1.82) is 0 Å². The minimum Gasteiger partial charge on any atom is -0.382 e. The van der Waals surface area contributed by atoms with Gasteiger partial charge in [0, 0.05) is 6.04 Å². The van der Waals surface area contributed by atoms with Crippen LogP contribution < -0.4 is 10.0 Å². The lowest BCUT2D eigenvalue weighted by Gasteiger charge is -2.13. The minimum atomic E-state index is -3.26. The fourth-order valence-corrected chi connectivity index (χ4v) is 1.95. The first kappa shape index (κ1) is 13.1. The second kappa shape index (κ2) is 4.93. The predicted octanol–water partition coefficient (Wildman–Crippen LogP) is 2.53. The molecule has 1 aromatic carbocycles. The molecule has 1 rings (SSSR count). The molecule has 0 aromatic heterocycles. The number of hydrogen-bond donors (Lipinski definition) is 2. The van der Waals surface area contributed by atoms with Crippen LogP contribution in [0.4, 0.5) is 11.4 Å². The quantitative estimate of drug-likeness (QED) is 0.877. The molecule has 0 saturated heterocycles. The molecule has 0 fully saturated rings. The summed E-state index contributed by atoms with van der Waals surface area (Å²) in [7, 11) is -3.26. The first-order valence-corrected chi connectivity index (χ1v) is 7.09. The van der Waals surface area contributed by atoms with Gasteiger partial charge in [0.1, 0.15) is 0 Å². The van der Waals surface area contributed by atoms with Crippen LogP contribution in [0.2, 0.25) is 5.02 Å². The summed E-state index contributed by atoms with van der Waals surface area (Å²) >= 11 is 5.97. The normalized spacial score (nSPS) is 11.6. The molecular formula is C10H15ClN2O2S. The van der Waals surface area contributed by atoms with E-state index in [9.17, 15) is 8.42 Å². The summed E-state index contributed by atoms with van der Waals surface area (Å²) in [5.74, 6) is 0. The molecule has 0 aliphatic heterocycles. The molecule has 16 heavy (non-hydrogen) atoms. The van der Waals surface area contributed by atoms with Gasteiger partial charge in [0.15, 0.2) is 0 Å². The van der Waals surface area contributed by atoms with Crippen LogP contribution in [0.1, 0.15) is 13.8 Å². The first-order valence-electron chi connectivity index (χ1n) is 4.82. The Morgan fingerprint density at radius 1 is 1.31 bits per heavy atom. The van der Waals surface area contributed by atoms with Gasteiger partial charge in [-0.3, -0.25) is 4.72 Å². The zero-order valence-electron chi connectivity index (χ0n) is 9.41. The molecule has 0 unspecified atom stereocenters. The van der Waals surface area contributed by atoms with Crippen molar-refractivity contribution in [2.45, 2.75) is 19.9 Å². The first-order chi connectivity index (χ1) is 7.28. The lowest BCUT2D eigenvalue weighted by molar-refractivity contribution is 0.607. The molecule has 6 heteroatoms. The van der Waals surface area contributed by atoms with Gasteiger partial charge in [-0.05, 0) is 32.0 Å². The van der Waals surface area contributed by atoms with E-state index in [1.807, 2.05) is 13.8 Å². The van der Waals surface area contributed by atoms with Gasteiger partial charge in [0.05, 0.1) is 22.7 Å². The SMILES string of the molecule is CC(C)Nc1cc(NS(C)(=O)=O)ccc1Cl. The van der Waals surface area contributed by atoms with E-state index in [1.54, 1.807) is 18.2 Å². The highest BCUT2D eigenvalue weighted by Crippen LogP contribution is 2.26. The van der Waals surface area contributed by atoms with Crippen molar-refractivity contribution in [3.05, 3.63) is 23.2 Å². The van der Waals surface area contributed by atoms with Gasteiger partial charge in [-0.1, -0.05) is 11.6 Å². The molecular weight excluding hydrogens is 248 g/mol. The van der Waals surface area contributed by atoms with Crippen molar-refractivity contribution in [2.24, 2.45) is 0 Å². The Morgan fingerprint density at radius 2 is 1.94 bits per heavy atom. The lowest BCUT2D eigenvalue weighted by atomic mass is 10.2. The van der Waals surface area contributed by atoms with Crippen LogP contribution in [0.25, 0.3) is 0 Å². The summed E-state index contributed by atoms with van der Waals surface area (Å²) in [6.45, 7) is 3.96. The fraction of sp³-hybridized carbons (Fsp3) is 0.400. The molecule has 0 amide bonds. The number of anilines is 2. The Labute approximate surface area is 101 Å². The number of nitrogens with one attached hydrogen (secondary N) is 2. The van der Waals surface area contributed by atoms with E-state index in [1.165, 1.54) is 0 Å². The summed E-state index contributed by atoms with van der Waals surface area (Å²) in [4.78, 5) is 0. The highest BCUT2D eigenvalue weighted by Gasteiger charge is 2.06. The van der Waals surface area contributed by atoms with Crippen LogP contribution in [0, 0.1) is 0 Å². The van der Waals surface area contributed by atoms with E-state index < -0.39 is 10.0 Å². The van der Waals surface area contributed by atoms with Gasteiger partial charge in [-0.25, -0.2) is 8.42 Å². The molecule has 0 heterocycles. The molecule has 0 atom stereocenters. The van der Waals surface area contributed by atoms with E-state index in [4.69, 9.17) is 11.6 Å². The predicted molar refractivity (Wildman–Crippen MR) is 68.7 cm³/mol. The Bertz CT molecular complexity index is 472. The highest BCUT2D eigenvalue weighted by atomic mass is 35.5. The van der Waals surface area contributed by atoms with Gasteiger partial charge in [-0.15, -0.1) is 0 Å². The summed E-state index contributed by atoms with van der Waals surface area (Å²) in [5.41, 5.74) is 1.21. The highest BCUT2D eigenvalue weighted by molar-refractivity contribution is 7.92. The van der Waals surface area contributed by atoms with Gasteiger partial charge < -0.3 is 5.32 Å². The average Bonchev–Trinajstić information content (AvgIpc) is 2.07. The average molecular weight is 263 g/mol. The van der Waals surface area contributed by atoms with E-state index in [-0.39, 0.29) is 6.04 Å². The maximum absolute atomic E-state index is 11.1. The number of rotatable bonds is 4. The Kier molecular flexibility index (Phi) is 4.04. The van der Waals surface area contributed by atoms with Crippen molar-refractivity contribution < 1.29 is 8.42 Å². The maximum atomic E-state index is 11.1. The third kappa shape index (κ3) is 4.28. The van der Waals surface area contributed by atoms with Crippen molar-refractivity contribution in [1.82, 2.24) is 0 Å². The fourth-order valence-electron chi connectivity index (χ4n) is 1.22. The number of hydrogen-bond acceptors (Lipinski definition) is 3. The molecule has 4 nitrogen and oxygen atoms in total. The van der Waals surface area contributed by atoms with Crippen LogP contribution in [0.3, 0.4) is 0 Å². The largest absolute Gasteiger partial charge is 0.382 e. The van der Waals surface area contributed by atoms with Crippen LogP contribution in [-0.4, -0.2) is 20.7 Å². The summed E-state index contributed by atoms with van der Waals surface area (Å²) in [6.07, 6.45) is 1.11. The van der Waals surface area contributed by atoms with Crippen molar-refractivity contribution in [2.75, 3.05) is 16.3 Å². The van der Waals surface area contributed by atoms with Crippen molar-refractivity contribution in [3.8, 4) is 0 Å². The van der Waals surface area contributed by atoms with Crippen LogP contribution in [-0.2, 0) is 10.0 Å². The summed E-state index contributed by atoms with van der Waals surface area (Å²) in [6, 6.07) is 5.17. The van der Waals surface area contributed by atoms with Gasteiger partial charge in [0.2, 0.25) is 10.0 Å². The Hall–Kier alpha value is -0.940. The molecule has 2 N–H and O–H groups in total. The second-order valence-corrected chi connectivity index (χ2v) is 6.02. The zero-order valence-corrected chi connectivity index (χ0v) is 11.0. The maximum Gasteiger partial charge on any atom is 0.229 e. The second-order valence-electron chi connectivity index (χ2n) is 3.87. The van der Waals surface area contributed by atoms with E-state index in [0.29, 0.717) is 16.4 Å². The Morgan fingerprint density at radius 3 is 2.44 bits per heavy atom. The van der Waals surface area contributed by atoms with Crippen molar-refractivity contribution in [3.63, 3.8) is 0 Å². The number of sulfonamides is 1. The summed E-state index contributed by atoms with van der Waals surface area (Å²) in [5, 5.41) is 3.70. The van der Waals surface area contributed by atoms with Gasteiger partial charge >= 0.3 is 0 Å². The molecule has 0 saturated carbocycles. The Balaban J connectivity index is 2.98. The van der Waals surface area contributed by atoms with Crippen LogP contribution in [0.15, 0.2) is 18.2 Å². The zero-order chi connectivity index (χ0) is 12.3. The molecule has 0 spiro atoms. The van der Waals surface area contributed by atoms with E-state index in [0.717, 1.165) is 6.26 Å². The third-order valence-corrected chi connectivity index (χ3v) is 2.65. The molecule has 0 aliphatic rings. The molecule has 0 radical (unpaired) electrons. The van der Waals surface area contributed by atoms with Gasteiger partial charge in [0.25, 0.3) is 0 Å². The van der Waals surface area contributed by atoms with E-state index in [2.05, 4.69) is 10.0 Å². The molecule has 0 aliphatic carbocycles. The van der Waals surface area contributed by atoms with Crippen molar-refractivity contribution >= 4 is 33.0 Å². The molecule has 1 aromatic rings. The topological polar surface area (TPSA) is 58.2 Å². The van der Waals surface area contributed by atoms with E-state index >= 15 is 0 Å². The standard InChI is InChI=1S/C10H15ClN2O2S/c1-7(2)12-10-6-8(4-5-9(10)11)13-16(3,14)15/h4-7,12-13H,1-3H3. The smallest absolute Gasteiger partial charge is 0.229 e. The third-order valence-electron chi connectivity index (χ3n) is 1.71. The summed E-state index contributed by atoms with van der Waals surface area (Å²) < 4.78 is 24.5. The number of benzene rings is 1. The lowest BCUT2D eigenvalue weighted by Crippen LogP contribution is -2.12. The van der Waals surface area contributed by atoms with Crippen LogP contribution >= 0.6 is 11.6 Å². The van der Waals surface area contributed by atoms with Crippen LogP contribution in [0.5, 0.6) is 0 Å².